The third-order valence-electron chi connectivity index (χ3n) is 5.30. The Morgan fingerprint density at radius 3 is 2.57 bits per heavy atom. The number of imidazole rings is 1. The molecule has 2 heterocycles. The number of carbonyl (C=O) groups is 1. The van der Waals surface area contributed by atoms with E-state index in [4.69, 9.17) is 4.42 Å². The summed E-state index contributed by atoms with van der Waals surface area (Å²) in [5.74, 6) is 0.741. The van der Waals surface area contributed by atoms with Crippen molar-refractivity contribution in [2.45, 2.75) is 32.5 Å². The summed E-state index contributed by atoms with van der Waals surface area (Å²) >= 11 is 0. The molecule has 2 atom stereocenters. The molecule has 0 fully saturated rings. The second-order valence-corrected chi connectivity index (χ2v) is 7.25. The molecule has 30 heavy (non-hydrogen) atoms. The lowest BCUT2D eigenvalue weighted by molar-refractivity contribution is 0.0697. The van der Waals surface area contributed by atoms with Gasteiger partial charge >= 0.3 is 12.6 Å². The van der Waals surface area contributed by atoms with Crippen LogP contribution in [0.4, 0.5) is 13.6 Å². The van der Waals surface area contributed by atoms with E-state index in [1.807, 2.05) is 37.3 Å². The van der Waals surface area contributed by atoms with Gasteiger partial charge in [0.15, 0.2) is 0 Å². The molecule has 0 unspecified atom stereocenters. The van der Waals surface area contributed by atoms with E-state index < -0.39 is 18.6 Å². The number of hydrogen-bond acceptors (Lipinski definition) is 3. The standard InChI is InChI=1S/C22H22F2N4O2/c1-13(20-26-16-9-5-6-10-17(16)28(20)21(23)24)25-22(29)27(3)14(2)19-12-15-8-4-7-11-18(15)30-19/h4-14,21H,1-3H3,(H,25,29)/t13-,14+/m1/s1. The molecule has 0 radical (unpaired) electrons. The van der Waals surface area contributed by atoms with Gasteiger partial charge in [0, 0.05) is 12.4 Å². The highest BCUT2D eigenvalue weighted by Crippen LogP contribution is 2.29. The maximum atomic E-state index is 13.7. The highest BCUT2D eigenvalue weighted by Gasteiger charge is 2.26. The van der Waals surface area contributed by atoms with Gasteiger partial charge in [-0.2, -0.15) is 8.78 Å². The van der Waals surface area contributed by atoms with Crippen LogP contribution in [0, 0.1) is 0 Å². The number of para-hydroxylation sites is 3. The van der Waals surface area contributed by atoms with Gasteiger partial charge in [-0.3, -0.25) is 4.57 Å². The Hall–Kier alpha value is -3.42. The Balaban J connectivity index is 1.54. The highest BCUT2D eigenvalue weighted by atomic mass is 19.3. The first-order chi connectivity index (χ1) is 14.4. The summed E-state index contributed by atoms with van der Waals surface area (Å²) in [7, 11) is 1.63. The third kappa shape index (κ3) is 3.49. The van der Waals surface area contributed by atoms with E-state index in [1.165, 1.54) is 4.90 Å². The van der Waals surface area contributed by atoms with Crippen molar-refractivity contribution in [3.05, 3.63) is 66.2 Å². The number of nitrogens with zero attached hydrogens (tertiary/aromatic N) is 3. The summed E-state index contributed by atoms with van der Waals surface area (Å²) in [5.41, 5.74) is 1.53. The molecule has 2 amide bonds. The van der Waals surface area contributed by atoms with Gasteiger partial charge in [0.1, 0.15) is 17.2 Å². The fraction of sp³-hybridized carbons (Fsp3) is 0.273. The van der Waals surface area contributed by atoms with E-state index in [0.29, 0.717) is 16.8 Å². The van der Waals surface area contributed by atoms with E-state index in [0.717, 1.165) is 15.5 Å². The average molecular weight is 412 g/mol. The zero-order chi connectivity index (χ0) is 21.4. The van der Waals surface area contributed by atoms with Gasteiger partial charge in [0.25, 0.3) is 0 Å². The number of furan rings is 1. The van der Waals surface area contributed by atoms with Crippen molar-refractivity contribution in [3.8, 4) is 0 Å². The monoisotopic (exact) mass is 412 g/mol. The number of halogens is 2. The van der Waals surface area contributed by atoms with Crippen molar-refractivity contribution < 1.29 is 18.0 Å². The summed E-state index contributed by atoms with van der Waals surface area (Å²) < 4.78 is 34.1. The molecule has 0 saturated carbocycles. The van der Waals surface area contributed by atoms with E-state index in [9.17, 15) is 13.6 Å². The van der Waals surface area contributed by atoms with E-state index in [1.54, 1.807) is 38.2 Å². The third-order valence-corrected chi connectivity index (χ3v) is 5.30. The molecular formula is C22H22F2N4O2. The molecule has 2 aromatic carbocycles. The Bertz CT molecular complexity index is 1170. The molecule has 4 rings (SSSR count). The number of urea groups is 1. The Morgan fingerprint density at radius 1 is 1.13 bits per heavy atom. The summed E-state index contributed by atoms with van der Waals surface area (Å²) in [5, 5.41) is 3.72. The summed E-state index contributed by atoms with van der Waals surface area (Å²) in [6.07, 6.45) is 0. The number of hydrogen-bond donors (Lipinski definition) is 1. The molecule has 4 aromatic rings. The maximum Gasteiger partial charge on any atom is 0.320 e. The minimum atomic E-state index is -2.76. The molecule has 0 spiro atoms. The number of nitrogens with one attached hydrogen (secondary N) is 1. The van der Waals surface area contributed by atoms with Crippen molar-refractivity contribution >= 4 is 28.0 Å². The molecule has 1 N–H and O–H groups in total. The smallest absolute Gasteiger partial charge is 0.320 e. The second kappa shape index (κ2) is 7.78. The van der Waals surface area contributed by atoms with E-state index in [-0.39, 0.29) is 11.9 Å². The van der Waals surface area contributed by atoms with E-state index in [2.05, 4.69) is 10.3 Å². The van der Waals surface area contributed by atoms with Gasteiger partial charge < -0.3 is 14.6 Å². The van der Waals surface area contributed by atoms with Crippen LogP contribution in [0.15, 0.2) is 59.0 Å². The zero-order valence-electron chi connectivity index (χ0n) is 16.8. The lowest BCUT2D eigenvalue weighted by Gasteiger charge is -2.25. The van der Waals surface area contributed by atoms with Crippen LogP contribution in [0.25, 0.3) is 22.0 Å². The van der Waals surface area contributed by atoms with Gasteiger partial charge in [0.2, 0.25) is 0 Å². The lowest BCUT2D eigenvalue weighted by atomic mass is 10.2. The first-order valence-electron chi connectivity index (χ1n) is 9.63. The topological polar surface area (TPSA) is 63.3 Å². The molecule has 0 aliphatic heterocycles. The van der Waals surface area contributed by atoms with Gasteiger partial charge in [-0.1, -0.05) is 30.3 Å². The van der Waals surface area contributed by atoms with E-state index >= 15 is 0 Å². The molecular weight excluding hydrogens is 390 g/mol. The average Bonchev–Trinajstić information content (AvgIpc) is 3.34. The Labute approximate surface area is 172 Å². The number of amides is 2. The second-order valence-electron chi connectivity index (χ2n) is 7.25. The fourth-order valence-corrected chi connectivity index (χ4v) is 3.50. The number of alkyl halides is 2. The summed E-state index contributed by atoms with van der Waals surface area (Å²) in [6, 6.07) is 14.7. The minimum Gasteiger partial charge on any atom is -0.459 e. The summed E-state index contributed by atoms with van der Waals surface area (Å²) in [4.78, 5) is 18.6. The zero-order valence-corrected chi connectivity index (χ0v) is 16.8. The van der Waals surface area contributed by atoms with Crippen LogP contribution in [0.5, 0.6) is 0 Å². The first kappa shape index (κ1) is 19.9. The van der Waals surface area contributed by atoms with Crippen molar-refractivity contribution in [2.24, 2.45) is 0 Å². The van der Waals surface area contributed by atoms with Gasteiger partial charge in [-0.25, -0.2) is 9.78 Å². The number of fused-ring (bicyclic) bond motifs is 2. The van der Waals surface area contributed by atoms with Crippen LogP contribution >= 0.6 is 0 Å². The maximum absolute atomic E-state index is 13.7. The molecule has 2 aromatic heterocycles. The van der Waals surface area contributed by atoms with Crippen LogP contribution in [0.2, 0.25) is 0 Å². The number of benzene rings is 2. The van der Waals surface area contributed by atoms with Crippen molar-refractivity contribution in [1.82, 2.24) is 19.8 Å². The predicted molar refractivity (Wildman–Crippen MR) is 110 cm³/mol. The number of carbonyl (C=O) groups excluding carboxylic acids is 1. The first-order valence-corrected chi connectivity index (χ1v) is 9.63. The molecule has 0 aliphatic carbocycles. The van der Waals surface area contributed by atoms with Crippen molar-refractivity contribution in [1.29, 1.82) is 0 Å². The number of rotatable bonds is 5. The van der Waals surface area contributed by atoms with Crippen LogP contribution < -0.4 is 5.32 Å². The van der Waals surface area contributed by atoms with Crippen LogP contribution in [-0.4, -0.2) is 27.5 Å². The number of aromatic nitrogens is 2. The molecule has 0 saturated heterocycles. The van der Waals surface area contributed by atoms with Crippen molar-refractivity contribution in [3.63, 3.8) is 0 Å². The van der Waals surface area contributed by atoms with Crippen LogP contribution in [0.3, 0.4) is 0 Å². The molecule has 8 heteroatoms. The minimum absolute atomic E-state index is 0.101. The SMILES string of the molecule is C[C@@H](NC(=O)N(C)[C@@H](C)c1cc2ccccc2o1)c1nc2ccccc2n1C(F)F. The fourth-order valence-electron chi connectivity index (χ4n) is 3.50. The van der Waals surface area contributed by atoms with Gasteiger partial charge in [-0.15, -0.1) is 0 Å². The van der Waals surface area contributed by atoms with Gasteiger partial charge in [0.05, 0.1) is 23.1 Å². The molecule has 0 bridgehead atoms. The summed E-state index contributed by atoms with van der Waals surface area (Å²) in [6.45, 7) is 0.715. The normalized spacial score (nSPS) is 13.7. The van der Waals surface area contributed by atoms with Crippen LogP contribution in [0.1, 0.15) is 44.1 Å². The largest absolute Gasteiger partial charge is 0.459 e. The van der Waals surface area contributed by atoms with Crippen molar-refractivity contribution in [2.75, 3.05) is 7.05 Å². The Kier molecular flexibility index (Phi) is 5.15. The Morgan fingerprint density at radius 2 is 1.83 bits per heavy atom. The quantitative estimate of drug-likeness (QED) is 0.461. The van der Waals surface area contributed by atoms with Gasteiger partial charge in [-0.05, 0) is 38.1 Å². The predicted octanol–water partition coefficient (Wildman–Crippen LogP) is 5.64. The van der Waals surface area contributed by atoms with Crippen LogP contribution in [-0.2, 0) is 0 Å². The molecule has 156 valence electrons. The lowest BCUT2D eigenvalue weighted by Crippen LogP contribution is -2.40. The molecule has 6 nitrogen and oxygen atoms in total. The highest BCUT2D eigenvalue weighted by molar-refractivity contribution is 5.79. The molecule has 0 aliphatic rings.